The van der Waals surface area contributed by atoms with Crippen LogP contribution in [0.4, 0.5) is 0 Å². The summed E-state index contributed by atoms with van der Waals surface area (Å²) in [5.41, 5.74) is 7.89. The minimum Gasteiger partial charge on any atom is -0.481 e. The number of aliphatic carboxylic acids is 1. The average molecular weight is 341 g/mol. The number of carbonyl (C=O) groups is 2. The van der Waals surface area contributed by atoms with E-state index in [0.29, 0.717) is 5.56 Å². The maximum Gasteiger partial charge on any atom is 0.322 e. The van der Waals surface area contributed by atoms with Gasteiger partial charge in [0.1, 0.15) is 5.60 Å². The van der Waals surface area contributed by atoms with Crippen LogP contribution in [0, 0.1) is 5.92 Å². The molecular weight excluding hydrogens is 318 g/mol. The number of hydrogen-bond donors (Lipinski definition) is 2. The zero-order valence-electron chi connectivity index (χ0n) is 14.6. The van der Waals surface area contributed by atoms with Crippen molar-refractivity contribution in [1.29, 1.82) is 0 Å². The van der Waals surface area contributed by atoms with Crippen LogP contribution in [0.1, 0.15) is 32.4 Å². The summed E-state index contributed by atoms with van der Waals surface area (Å²) in [4.78, 5) is 23.8. The molecule has 0 aliphatic heterocycles. The number of benzene rings is 2. The van der Waals surface area contributed by atoms with Gasteiger partial charge in [-0.3, -0.25) is 9.59 Å². The van der Waals surface area contributed by atoms with Gasteiger partial charge < -0.3 is 15.6 Å². The number of carboxylic acids is 1. The van der Waals surface area contributed by atoms with Crippen LogP contribution in [0.25, 0.3) is 11.1 Å². The highest BCUT2D eigenvalue weighted by Crippen LogP contribution is 2.26. The second kappa shape index (κ2) is 7.49. The predicted molar refractivity (Wildman–Crippen MR) is 95.8 cm³/mol. The minimum atomic E-state index is -1.46. The summed E-state index contributed by atoms with van der Waals surface area (Å²) >= 11 is 0. The maximum absolute atomic E-state index is 12.2. The van der Waals surface area contributed by atoms with Crippen LogP contribution in [0.15, 0.2) is 54.6 Å². The fourth-order valence-electron chi connectivity index (χ4n) is 2.49. The van der Waals surface area contributed by atoms with E-state index in [2.05, 4.69) is 0 Å². The Hall–Kier alpha value is -2.66. The van der Waals surface area contributed by atoms with Crippen molar-refractivity contribution in [1.82, 2.24) is 0 Å². The molecule has 2 aromatic rings. The summed E-state index contributed by atoms with van der Waals surface area (Å²) in [6, 6.07) is 16.0. The Bertz CT molecular complexity index is 733. The summed E-state index contributed by atoms with van der Waals surface area (Å²) in [5, 5.41) is 9.42. The van der Waals surface area contributed by atoms with E-state index in [4.69, 9.17) is 10.5 Å². The van der Waals surface area contributed by atoms with Crippen molar-refractivity contribution in [3.05, 3.63) is 60.2 Å². The highest BCUT2D eigenvalue weighted by Gasteiger charge is 2.37. The third-order valence-electron chi connectivity index (χ3n) is 3.69. The lowest BCUT2D eigenvalue weighted by molar-refractivity contribution is -0.167. The molecule has 0 radical (unpaired) electrons. The average Bonchev–Trinajstić information content (AvgIpc) is 2.54. The smallest absolute Gasteiger partial charge is 0.322 e. The monoisotopic (exact) mass is 341 g/mol. The number of carboxylic acid groups (broad SMARTS) is 1. The Morgan fingerprint density at radius 1 is 0.960 bits per heavy atom. The zero-order chi connectivity index (χ0) is 18.6. The van der Waals surface area contributed by atoms with Crippen molar-refractivity contribution < 1.29 is 19.4 Å². The van der Waals surface area contributed by atoms with Crippen molar-refractivity contribution in [2.45, 2.75) is 32.4 Å². The van der Waals surface area contributed by atoms with E-state index in [0.717, 1.165) is 11.1 Å². The van der Waals surface area contributed by atoms with Gasteiger partial charge >= 0.3 is 11.9 Å². The number of nitrogens with two attached hydrogens (primary N) is 1. The first-order valence-electron chi connectivity index (χ1n) is 8.05. The standard InChI is InChI=1S/C20H23NO4/c1-20(2,3)25-19(24)16(18(22)23)17(21)15-11-9-14(10-12-15)13-7-5-4-6-8-13/h4-12,16-17H,21H2,1-3H3,(H,22,23). The van der Waals surface area contributed by atoms with Crippen LogP contribution in [0.2, 0.25) is 0 Å². The quantitative estimate of drug-likeness (QED) is 0.643. The first kappa shape index (κ1) is 18.7. The molecule has 132 valence electrons. The summed E-state index contributed by atoms with van der Waals surface area (Å²) in [5.74, 6) is -3.59. The first-order chi connectivity index (χ1) is 11.7. The van der Waals surface area contributed by atoms with Gasteiger partial charge in [0, 0.05) is 0 Å². The molecule has 2 unspecified atom stereocenters. The van der Waals surface area contributed by atoms with Gasteiger partial charge in [0.15, 0.2) is 5.92 Å². The van der Waals surface area contributed by atoms with Crippen LogP contribution in [-0.4, -0.2) is 22.6 Å². The molecule has 2 rings (SSSR count). The molecule has 0 aliphatic carbocycles. The van der Waals surface area contributed by atoms with E-state index in [1.165, 1.54) is 0 Å². The van der Waals surface area contributed by atoms with Gasteiger partial charge in [-0.1, -0.05) is 54.6 Å². The predicted octanol–water partition coefficient (Wildman–Crippen LogP) is 3.40. The van der Waals surface area contributed by atoms with Gasteiger partial charge in [-0.15, -0.1) is 0 Å². The number of carbonyl (C=O) groups excluding carboxylic acids is 1. The molecule has 3 N–H and O–H groups in total. The van der Waals surface area contributed by atoms with Gasteiger partial charge in [-0.2, -0.15) is 0 Å². The summed E-state index contributed by atoms with van der Waals surface area (Å²) in [6.07, 6.45) is 0. The largest absolute Gasteiger partial charge is 0.481 e. The van der Waals surface area contributed by atoms with Crippen molar-refractivity contribution in [3.8, 4) is 11.1 Å². The molecule has 0 aliphatic rings. The molecule has 0 fully saturated rings. The molecule has 2 atom stereocenters. The maximum atomic E-state index is 12.2. The number of hydrogen-bond acceptors (Lipinski definition) is 4. The molecule has 2 aromatic carbocycles. The van der Waals surface area contributed by atoms with E-state index in [1.54, 1.807) is 32.9 Å². The Morgan fingerprint density at radius 2 is 1.48 bits per heavy atom. The van der Waals surface area contributed by atoms with Crippen molar-refractivity contribution in [2.24, 2.45) is 11.7 Å². The van der Waals surface area contributed by atoms with E-state index < -0.39 is 29.5 Å². The fraction of sp³-hybridized carbons (Fsp3) is 0.300. The van der Waals surface area contributed by atoms with Crippen LogP contribution in [0.3, 0.4) is 0 Å². The minimum absolute atomic E-state index is 0.568. The molecule has 0 aromatic heterocycles. The van der Waals surface area contributed by atoms with E-state index >= 15 is 0 Å². The second-order valence-electron chi connectivity index (χ2n) is 6.86. The molecule has 5 heteroatoms. The van der Waals surface area contributed by atoms with Crippen molar-refractivity contribution in [3.63, 3.8) is 0 Å². The van der Waals surface area contributed by atoms with Gasteiger partial charge in [-0.25, -0.2) is 0 Å². The lowest BCUT2D eigenvalue weighted by Gasteiger charge is -2.25. The fourth-order valence-corrected chi connectivity index (χ4v) is 2.49. The first-order valence-corrected chi connectivity index (χ1v) is 8.05. The van der Waals surface area contributed by atoms with Crippen LogP contribution in [-0.2, 0) is 14.3 Å². The summed E-state index contributed by atoms with van der Waals surface area (Å²) in [7, 11) is 0. The number of rotatable bonds is 5. The lowest BCUT2D eigenvalue weighted by atomic mass is 9.92. The SMILES string of the molecule is CC(C)(C)OC(=O)C(C(=O)O)C(N)c1ccc(-c2ccccc2)cc1. The normalized spacial score (nSPS) is 13.8. The molecular formula is C20H23NO4. The van der Waals surface area contributed by atoms with E-state index in [1.807, 2.05) is 42.5 Å². The highest BCUT2D eigenvalue weighted by atomic mass is 16.6. The second-order valence-corrected chi connectivity index (χ2v) is 6.86. The molecule has 0 saturated heterocycles. The van der Waals surface area contributed by atoms with Gasteiger partial charge in [0.25, 0.3) is 0 Å². The van der Waals surface area contributed by atoms with Gasteiger partial charge in [0.05, 0.1) is 6.04 Å². The molecule has 0 heterocycles. The molecule has 0 bridgehead atoms. The van der Waals surface area contributed by atoms with Crippen molar-refractivity contribution >= 4 is 11.9 Å². The molecule has 0 spiro atoms. The Kier molecular flexibility index (Phi) is 5.59. The zero-order valence-corrected chi connectivity index (χ0v) is 14.6. The van der Waals surface area contributed by atoms with Gasteiger partial charge in [-0.05, 0) is 37.5 Å². The van der Waals surface area contributed by atoms with Crippen LogP contribution < -0.4 is 5.73 Å². The van der Waals surface area contributed by atoms with E-state index in [-0.39, 0.29) is 0 Å². The molecule has 25 heavy (non-hydrogen) atoms. The summed E-state index contributed by atoms with van der Waals surface area (Å²) < 4.78 is 5.20. The Labute approximate surface area is 147 Å². The molecule has 5 nitrogen and oxygen atoms in total. The molecule has 0 amide bonds. The summed E-state index contributed by atoms with van der Waals surface area (Å²) in [6.45, 7) is 5.05. The third-order valence-corrected chi connectivity index (χ3v) is 3.69. The van der Waals surface area contributed by atoms with Crippen LogP contribution >= 0.6 is 0 Å². The highest BCUT2D eigenvalue weighted by molar-refractivity contribution is 5.95. The third kappa shape index (κ3) is 4.90. The van der Waals surface area contributed by atoms with E-state index in [9.17, 15) is 14.7 Å². The van der Waals surface area contributed by atoms with Crippen LogP contribution in [0.5, 0.6) is 0 Å². The Balaban J connectivity index is 2.23. The van der Waals surface area contributed by atoms with Gasteiger partial charge in [0.2, 0.25) is 0 Å². The van der Waals surface area contributed by atoms with Crippen molar-refractivity contribution in [2.75, 3.05) is 0 Å². The number of ether oxygens (including phenoxy) is 1. The lowest BCUT2D eigenvalue weighted by Crippen LogP contribution is -2.39. The topological polar surface area (TPSA) is 89.6 Å². The number of esters is 1. The Morgan fingerprint density at radius 3 is 1.96 bits per heavy atom. The molecule has 0 saturated carbocycles.